The number of hydrogen-bond acceptors (Lipinski definition) is 2. The van der Waals surface area contributed by atoms with Crippen LogP contribution in [0.15, 0.2) is 16.1 Å². The predicted octanol–water partition coefficient (Wildman–Crippen LogP) is 6.32. The van der Waals surface area contributed by atoms with E-state index < -0.39 is 0 Å². The molecule has 0 radical (unpaired) electrons. The maximum absolute atomic E-state index is 5.00. The highest BCUT2D eigenvalue weighted by Gasteiger charge is 2.38. The summed E-state index contributed by atoms with van der Waals surface area (Å²) >= 11 is 0. The maximum atomic E-state index is 5.00. The summed E-state index contributed by atoms with van der Waals surface area (Å²) in [6.45, 7) is 30.0. The molecule has 0 aromatic rings. The van der Waals surface area contributed by atoms with Gasteiger partial charge in [-0.15, -0.1) is 0 Å². The van der Waals surface area contributed by atoms with Gasteiger partial charge in [-0.1, -0.05) is 67.9 Å². The Bertz CT molecular complexity index is 508. The first-order valence-corrected chi connectivity index (χ1v) is 9.51. The lowest BCUT2D eigenvalue weighted by molar-refractivity contribution is 0.252. The summed E-state index contributed by atoms with van der Waals surface area (Å²) in [5.74, 6) is 1.24. The van der Waals surface area contributed by atoms with Crippen LogP contribution in [-0.2, 0) is 0 Å². The molecule has 1 heterocycles. The van der Waals surface area contributed by atoms with Crippen LogP contribution in [0.1, 0.15) is 89.5 Å². The van der Waals surface area contributed by atoms with Crippen LogP contribution in [0.2, 0.25) is 0 Å². The molecule has 0 saturated carbocycles. The second-order valence-electron chi connectivity index (χ2n) is 11.6. The van der Waals surface area contributed by atoms with Gasteiger partial charge in [0.15, 0.2) is 0 Å². The fraction of sp³-hybridized carbons (Fsp3) is 0.864. The van der Waals surface area contributed by atoms with Gasteiger partial charge in [0.05, 0.1) is 6.54 Å². The van der Waals surface area contributed by atoms with Gasteiger partial charge in [-0.3, -0.25) is 4.99 Å². The summed E-state index contributed by atoms with van der Waals surface area (Å²) in [5, 5.41) is 0. The van der Waals surface area contributed by atoms with Crippen molar-refractivity contribution in [3.05, 3.63) is 11.1 Å². The Morgan fingerprint density at radius 2 is 1.33 bits per heavy atom. The Balaban J connectivity index is 3.65. The molecular formula is C22H42N2. The van der Waals surface area contributed by atoms with Crippen molar-refractivity contribution in [3.63, 3.8) is 0 Å². The number of allylic oxidation sites excluding steroid dienone is 1. The third-order valence-electron chi connectivity index (χ3n) is 4.54. The molecule has 0 unspecified atom stereocenters. The van der Waals surface area contributed by atoms with E-state index >= 15 is 0 Å². The first kappa shape index (κ1) is 21.3. The summed E-state index contributed by atoms with van der Waals surface area (Å²) in [4.78, 5) is 7.52. The Morgan fingerprint density at radius 3 is 1.67 bits per heavy atom. The molecule has 0 saturated heterocycles. The van der Waals surface area contributed by atoms with Crippen LogP contribution < -0.4 is 0 Å². The molecule has 0 amide bonds. The van der Waals surface area contributed by atoms with Crippen molar-refractivity contribution in [2.75, 3.05) is 13.1 Å². The van der Waals surface area contributed by atoms with Crippen LogP contribution in [0.5, 0.6) is 0 Å². The van der Waals surface area contributed by atoms with E-state index in [0.29, 0.717) is 0 Å². The average Bonchev–Trinajstić information content (AvgIpc) is 2.71. The van der Waals surface area contributed by atoms with Crippen molar-refractivity contribution in [1.29, 1.82) is 0 Å². The highest BCUT2D eigenvalue weighted by Crippen LogP contribution is 2.44. The molecule has 140 valence electrons. The number of nitrogens with zero attached hydrogens (tertiary/aromatic N) is 2. The first-order chi connectivity index (χ1) is 10.4. The lowest BCUT2D eigenvalue weighted by Gasteiger charge is -2.42. The second-order valence-corrected chi connectivity index (χ2v) is 11.6. The van der Waals surface area contributed by atoms with Gasteiger partial charge in [-0.25, -0.2) is 0 Å². The predicted molar refractivity (Wildman–Crippen MR) is 109 cm³/mol. The number of rotatable bonds is 2. The Kier molecular flexibility index (Phi) is 5.76. The number of hydrogen-bond donors (Lipinski definition) is 0. The van der Waals surface area contributed by atoms with E-state index in [4.69, 9.17) is 4.99 Å². The molecule has 2 nitrogen and oxygen atoms in total. The number of amidine groups is 1. The Morgan fingerprint density at radius 1 is 0.833 bits per heavy atom. The van der Waals surface area contributed by atoms with Crippen LogP contribution in [0.4, 0.5) is 0 Å². The third-order valence-corrected chi connectivity index (χ3v) is 4.54. The van der Waals surface area contributed by atoms with Crippen LogP contribution in [0.3, 0.4) is 0 Å². The molecule has 0 spiro atoms. The van der Waals surface area contributed by atoms with E-state index in [0.717, 1.165) is 19.5 Å². The zero-order valence-corrected chi connectivity index (χ0v) is 18.5. The Labute approximate surface area is 151 Å². The summed E-state index contributed by atoms with van der Waals surface area (Å²) in [5.41, 5.74) is 3.64. The Hall–Kier alpha value is -0.790. The van der Waals surface area contributed by atoms with Gasteiger partial charge >= 0.3 is 0 Å². The summed E-state index contributed by atoms with van der Waals surface area (Å²) in [7, 11) is 0. The van der Waals surface area contributed by atoms with Crippen LogP contribution in [0, 0.1) is 16.2 Å². The third kappa shape index (κ3) is 5.36. The minimum absolute atomic E-state index is 0.0839. The fourth-order valence-electron chi connectivity index (χ4n) is 3.50. The van der Waals surface area contributed by atoms with Crippen molar-refractivity contribution in [1.82, 2.24) is 4.90 Å². The zero-order chi connectivity index (χ0) is 19.1. The molecule has 0 aromatic heterocycles. The molecule has 1 aliphatic heterocycles. The topological polar surface area (TPSA) is 15.6 Å². The molecule has 2 heteroatoms. The summed E-state index contributed by atoms with van der Waals surface area (Å²) < 4.78 is 0. The van der Waals surface area contributed by atoms with Crippen molar-refractivity contribution >= 4 is 5.84 Å². The van der Waals surface area contributed by atoms with Gasteiger partial charge in [0.1, 0.15) is 5.84 Å². The number of aliphatic imine (C=N–C) groups is 1. The van der Waals surface area contributed by atoms with Gasteiger partial charge in [-0.2, -0.15) is 0 Å². The smallest absolute Gasteiger partial charge is 0.127 e. The summed E-state index contributed by atoms with van der Waals surface area (Å²) in [6, 6.07) is 0. The van der Waals surface area contributed by atoms with Gasteiger partial charge in [0.25, 0.3) is 0 Å². The molecule has 0 aromatic carbocycles. The lowest BCUT2D eigenvalue weighted by atomic mass is 9.69. The highest BCUT2D eigenvalue weighted by molar-refractivity contribution is 6.01. The molecule has 24 heavy (non-hydrogen) atoms. The lowest BCUT2D eigenvalue weighted by Crippen LogP contribution is -2.46. The fourth-order valence-corrected chi connectivity index (χ4v) is 3.50. The average molecular weight is 335 g/mol. The molecular weight excluding hydrogens is 292 g/mol. The van der Waals surface area contributed by atoms with Crippen LogP contribution in [-0.4, -0.2) is 29.4 Å². The quantitative estimate of drug-likeness (QED) is 0.576. The van der Waals surface area contributed by atoms with Crippen molar-refractivity contribution in [2.24, 2.45) is 21.2 Å². The van der Waals surface area contributed by atoms with Crippen LogP contribution in [0.25, 0.3) is 0 Å². The molecule has 0 bridgehead atoms. The normalized spacial score (nSPS) is 18.7. The van der Waals surface area contributed by atoms with E-state index in [1.807, 2.05) is 0 Å². The van der Waals surface area contributed by atoms with E-state index in [1.54, 1.807) is 5.57 Å². The van der Waals surface area contributed by atoms with E-state index in [-0.39, 0.29) is 21.8 Å². The molecule has 0 aliphatic carbocycles. The standard InChI is InChI=1S/C22H42N2/c1-19(2,3)15-16(20(4,5)6)17(21(7,8)9)18-23-13-14-24(18)22(10,11)12/h13-15H2,1-12H3/b17-16+. The second kappa shape index (κ2) is 6.50. The SMILES string of the molecule is CC(C)(C)C/C(=C(/C1=NCCN1C(C)(C)C)C(C)(C)C)C(C)(C)C. The minimum atomic E-state index is 0.0839. The highest BCUT2D eigenvalue weighted by atomic mass is 15.3. The first-order valence-electron chi connectivity index (χ1n) is 9.51. The minimum Gasteiger partial charge on any atom is -0.350 e. The molecule has 0 N–H and O–H groups in total. The molecule has 0 atom stereocenters. The maximum Gasteiger partial charge on any atom is 0.127 e. The van der Waals surface area contributed by atoms with Gasteiger partial charge in [-0.05, 0) is 49.0 Å². The van der Waals surface area contributed by atoms with E-state index in [9.17, 15) is 0 Å². The van der Waals surface area contributed by atoms with Crippen LogP contribution >= 0.6 is 0 Å². The monoisotopic (exact) mass is 334 g/mol. The summed E-state index contributed by atoms with van der Waals surface area (Å²) in [6.07, 6.45) is 1.11. The zero-order valence-electron chi connectivity index (χ0n) is 18.5. The van der Waals surface area contributed by atoms with Crippen molar-refractivity contribution in [3.8, 4) is 0 Å². The van der Waals surface area contributed by atoms with Crippen molar-refractivity contribution in [2.45, 2.75) is 95.0 Å². The van der Waals surface area contributed by atoms with Gasteiger partial charge in [0, 0.05) is 12.1 Å². The molecule has 1 rings (SSSR count). The van der Waals surface area contributed by atoms with E-state index in [1.165, 1.54) is 11.4 Å². The van der Waals surface area contributed by atoms with Gasteiger partial charge < -0.3 is 4.90 Å². The van der Waals surface area contributed by atoms with E-state index in [2.05, 4.69) is 88.0 Å². The molecule has 0 fully saturated rings. The van der Waals surface area contributed by atoms with Gasteiger partial charge in [0.2, 0.25) is 0 Å². The van der Waals surface area contributed by atoms with Crippen molar-refractivity contribution < 1.29 is 0 Å². The molecule has 1 aliphatic rings. The largest absolute Gasteiger partial charge is 0.350 e.